The maximum Gasteiger partial charge on any atom is 0.232 e. The van der Waals surface area contributed by atoms with Gasteiger partial charge in [0.1, 0.15) is 0 Å². The van der Waals surface area contributed by atoms with Crippen molar-refractivity contribution in [3.63, 3.8) is 0 Å². The minimum atomic E-state index is 0.101. The summed E-state index contributed by atoms with van der Waals surface area (Å²) in [6.45, 7) is 2.63. The van der Waals surface area contributed by atoms with Crippen LogP contribution in [0.1, 0.15) is 11.1 Å². The molecule has 21 heavy (non-hydrogen) atoms. The number of thioether (sulfide) groups is 1. The molecule has 0 bridgehead atoms. The third-order valence-electron chi connectivity index (χ3n) is 3.20. The van der Waals surface area contributed by atoms with E-state index in [2.05, 4.69) is 0 Å². The molecule has 2 aromatic rings. The molecule has 0 saturated carbocycles. The van der Waals surface area contributed by atoms with Crippen LogP contribution in [-0.2, 0) is 11.3 Å². The van der Waals surface area contributed by atoms with E-state index < -0.39 is 0 Å². The highest BCUT2D eigenvalue weighted by atomic mass is 32.2. The minimum Gasteiger partial charge on any atom is -0.398 e. The number of nitrogen functional groups attached to an aromatic ring is 1. The van der Waals surface area contributed by atoms with Crippen LogP contribution < -0.4 is 5.73 Å². The van der Waals surface area contributed by atoms with Crippen molar-refractivity contribution in [3.05, 3.63) is 59.7 Å². The van der Waals surface area contributed by atoms with Gasteiger partial charge in [0.05, 0.1) is 5.75 Å². The molecule has 4 heteroatoms. The van der Waals surface area contributed by atoms with Crippen LogP contribution in [0.15, 0.2) is 53.4 Å². The van der Waals surface area contributed by atoms with E-state index in [0.717, 1.165) is 21.7 Å². The number of nitrogens with two attached hydrogens (primary N) is 1. The Morgan fingerprint density at radius 3 is 2.57 bits per heavy atom. The molecule has 1 amide bonds. The van der Waals surface area contributed by atoms with Gasteiger partial charge in [0.15, 0.2) is 0 Å². The van der Waals surface area contributed by atoms with Crippen molar-refractivity contribution in [1.29, 1.82) is 0 Å². The Hall–Kier alpha value is -1.94. The van der Waals surface area contributed by atoms with Crippen molar-refractivity contribution in [2.75, 3.05) is 18.5 Å². The normalized spacial score (nSPS) is 10.4. The van der Waals surface area contributed by atoms with Crippen molar-refractivity contribution in [1.82, 2.24) is 4.90 Å². The van der Waals surface area contributed by atoms with Crippen LogP contribution in [0.5, 0.6) is 0 Å². The van der Waals surface area contributed by atoms with Crippen molar-refractivity contribution in [3.8, 4) is 0 Å². The molecule has 0 aliphatic rings. The molecule has 2 aromatic carbocycles. The first-order valence-electron chi connectivity index (χ1n) is 6.83. The number of hydrogen-bond acceptors (Lipinski definition) is 3. The van der Waals surface area contributed by atoms with Gasteiger partial charge in [-0.1, -0.05) is 36.4 Å². The summed E-state index contributed by atoms with van der Waals surface area (Å²) in [5, 5.41) is 0. The van der Waals surface area contributed by atoms with Crippen molar-refractivity contribution in [2.24, 2.45) is 0 Å². The Bertz CT molecular complexity index is 613. The Kier molecular flexibility index (Phi) is 5.28. The van der Waals surface area contributed by atoms with Crippen molar-refractivity contribution in [2.45, 2.75) is 18.4 Å². The topological polar surface area (TPSA) is 46.3 Å². The van der Waals surface area contributed by atoms with Crippen molar-refractivity contribution < 1.29 is 4.79 Å². The third-order valence-corrected chi connectivity index (χ3v) is 4.28. The average Bonchev–Trinajstić information content (AvgIpc) is 2.47. The van der Waals surface area contributed by atoms with E-state index >= 15 is 0 Å². The first-order valence-corrected chi connectivity index (χ1v) is 7.81. The zero-order chi connectivity index (χ0) is 15.2. The number of aryl methyl sites for hydroxylation is 1. The van der Waals surface area contributed by atoms with Gasteiger partial charge in [-0.3, -0.25) is 4.79 Å². The lowest BCUT2D eigenvalue weighted by molar-refractivity contribution is -0.127. The number of nitrogens with zero attached hydrogens (tertiary/aromatic N) is 1. The molecule has 3 nitrogen and oxygen atoms in total. The van der Waals surface area contributed by atoms with E-state index in [-0.39, 0.29) is 5.91 Å². The molecule has 0 aromatic heterocycles. The fraction of sp³-hybridized carbons (Fsp3) is 0.235. The molecule has 0 spiro atoms. The second kappa shape index (κ2) is 7.18. The van der Waals surface area contributed by atoms with Crippen LogP contribution in [-0.4, -0.2) is 23.6 Å². The summed E-state index contributed by atoms with van der Waals surface area (Å²) >= 11 is 1.49. The molecule has 0 aliphatic carbocycles. The van der Waals surface area contributed by atoms with E-state index in [9.17, 15) is 4.79 Å². The highest BCUT2D eigenvalue weighted by Crippen LogP contribution is 2.26. The molecule has 0 saturated heterocycles. The van der Waals surface area contributed by atoms with Crippen molar-refractivity contribution >= 4 is 23.4 Å². The number of benzene rings is 2. The summed E-state index contributed by atoms with van der Waals surface area (Å²) in [6.07, 6.45) is 0. The van der Waals surface area contributed by atoms with Gasteiger partial charge in [-0.05, 0) is 30.2 Å². The molecule has 0 radical (unpaired) electrons. The second-order valence-electron chi connectivity index (χ2n) is 5.07. The zero-order valence-electron chi connectivity index (χ0n) is 12.4. The first-order chi connectivity index (χ1) is 10.1. The number of anilines is 1. The van der Waals surface area contributed by atoms with Crippen LogP contribution in [0.25, 0.3) is 0 Å². The van der Waals surface area contributed by atoms with E-state index in [1.807, 2.05) is 62.5 Å². The molecule has 0 heterocycles. The summed E-state index contributed by atoms with van der Waals surface area (Å²) in [4.78, 5) is 14.9. The molecular weight excluding hydrogens is 280 g/mol. The lowest BCUT2D eigenvalue weighted by Crippen LogP contribution is -2.27. The summed E-state index contributed by atoms with van der Waals surface area (Å²) in [6, 6.07) is 15.9. The van der Waals surface area contributed by atoms with E-state index in [0.29, 0.717) is 12.3 Å². The Balaban J connectivity index is 1.89. The highest BCUT2D eigenvalue weighted by molar-refractivity contribution is 8.00. The van der Waals surface area contributed by atoms with Gasteiger partial charge < -0.3 is 10.6 Å². The highest BCUT2D eigenvalue weighted by Gasteiger charge is 2.10. The molecule has 0 unspecified atom stereocenters. The fourth-order valence-corrected chi connectivity index (χ4v) is 2.88. The monoisotopic (exact) mass is 300 g/mol. The summed E-state index contributed by atoms with van der Waals surface area (Å²) in [5.41, 5.74) is 8.96. The fourth-order valence-electron chi connectivity index (χ4n) is 1.99. The zero-order valence-corrected chi connectivity index (χ0v) is 13.2. The van der Waals surface area contributed by atoms with Gasteiger partial charge in [0.2, 0.25) is 5.91 Å². The standard InChI is InChI=1S/C17H20N2OS/c1-13-8-9-16(15(18)10-13)21-12-17(20)19(2)11-14-6-4-3-5-7-14/h3-10H,11-12,18H2,1-2H3. The number of rotatable bonds is 5. The lowest BCUT2D eigenvalue weighted by atomic mass is 10.2. The summed E-state index contributed by atoms with van der Waals surface area (Å²) in [7, 11) is 1.83. The quantitative estimate of drug-likeness (QED) is 0.680. The van der Waals surface area contributed by atoms with E-state index in [1.54, 1.807) is 4.90 Å². The smallest absolute Gasteiger partial charge is 0.232 e. The van der Waals surface area contributed by atoms with Gasteiger partial charge in [-0.2, -0.15) is 0 Å². The number of hydrogen-bond donors (Lipinski definition) is 1. The number of carbonyl (C=O) groups is 1. The van der Waals surface area contributed by atoms with Crippen LogP contribution in [0, 0.1) is 6.92 Å². The van der Waals surface area contributed by atoms with Crippen LogP contribution in [0.2, 0.25) is 0 Å². The molecule has 0 atom stereocenters. The van der Waals surface area contributed by atoms with Gasteiger partial charge in [-0.25, -0.2) is 0 Å². The molecular formula is C17H20N2OS. The first kappa shape index (κ1) is 15.4. The minimum absolute atomic E-state index is 0.101. The second-order valence-corrected chi connectivity index (χ2v) is 6.08. The third kappa shape index (κ3) is 4.53. The maximum atomic E-state index is 12.2. The Labute approximate surface area is 130 Å². The Morgan fingerprint density at radius 2 is 1.90 bits per heavy atom. The average molecular weight is 300 g/mol. The summed E-state index contributed by atoms with van der Waals surface area (Å²) < 4.78 is 0. The van der Waals surface area contributed by atoms with Crippen LogP contribution >= 0.6 is 11.8 Å². The van der Waals surface area contributed by atoms with Gasteiger partial charge >= 0.3 is 0 Å². The number of carbonyl (C=O) groups excluding carboxylic acids is 1. The Morgan fingerprint density at radius 1 is 1.19 bits per heavy atom. The molecule has 2 rings (SSSR count). The molecule has 2 N–H and O–H groups in total. The van der Waals surface area contributed by atoms with Crippen LogP contribution in [0.4, 0.5) is 5.69 Å². The number of amides is 1. The molecule has 110 valence electrons. The van der Waals surface area contributed by atoms with Gasteiger partial charge in [0, 0.05) is 24.2 Å². The van der Waals surface area contributed by atoms with E-state index in [4.69, 9.17) is 5.73 Å². The van der Waals surface area contributed by atoms with Gasteiger partial charge in [-0.15, -0.1) is 11.8 Å². The molecule has 0 fully saturated rings. The van der Waals surface area contributed by atoms with E-state index in [1.165, 1.54) is 11.8 Å². The largest absolute Gasteiger partial charge is 0.398 e. The molecule has 0 aliphatic heterocycles. The summed E-state index contributed by atoms with van der Waals surface area (Å²) in [5.74, 6) is 0.500. The van der Waals surface area contributed by atoms with Crippen LogP contribution in [0.3, 0.4) is 0 Å². The maximum absolute atomic E-state index is 12.2. The lowest BCUT2D eigenvalue weighted by Gasteiger charge is -2.17. The predicted octanol–water partition coefficient (Wildman–Crippen LogP) is 3.33. The predicted molar refractivity (Wildman–Crippen MR) is 89.2 cm³/mol. The van der Waals surface area contributed by atoms with Gasteiger partial charge in [0.25, 0.3) is 0 Å². The SMILES string of the molecule is Cc1ccc(SCC(=O)N(C)Cc2ccccc2)c(N)c1.